The van der Waals surface area contributed by atoms with Crippen LogP contribution in [-0.4, -0.2) is 11.1 Å². The van der Waals surface area contributed by atoms with Gasteiger partial charge in [0, 0.05) is 5.92 Å². The number of rotatable bonds is 5. The van der Waals surface area contributed by atoms with E-state index >= 15 is 0 Å². The number of hydrogen-bond acceptors (Lipinski definition) is 1. The Balaban J connectivity index is 2.38. The van der Waals surface area contributed by atoms with E-state index in [1.165, 1.54) is 5.56 Å². The summed E-state index contributed by atoms with van der Waals surface area (Å²) in [6.45, 7) is 4.15. The summed E-state index contributed by atoms with van der Waals surface area (Å²) >= 11 is 0. The molecule has 1 N–H and O–H groups in total. The number of carboxylic acid groups (broad SMARTS) is 1. The van der Waals surface area contributed by atoms with Gasteiger partial charge in [-0.3, -0.25) is 4.79 Å². The number of aryl methyl sites for hydroxylation is 1. The molecule has 2 atom stereocenters. The first-order chi connectivity index (χ1) is 9.59. The molecule has 0 bridgehead atoms. The van der Waals surface area contributed by atoms with Gasteiger partial charge in [0.25, 0.3) is 0 Å². The number of carbonyl (C=O) groups is 1. The highest BCUT2D eigenvalue weighted by atomic mass is 16.4. The van der Waals surface area contributed by atoms with Crippen LogP contribution < -0.4 is 0 Å². The third-order valence-corrected chi connectivity index (χ3v) is 3.91. The monoisotopic (exact) mass is 268 g/mol. The van der Waals surface area contributed by atoms with E-state index in [2.05, 4.69) is 19.1 Å². The zero-order chi connectivity index (χ0) is 14.5. The fourth-order valence-corrected chi connectivity index (χ4v) is 2.74. The van der Waals surface area contributed by atoms with Crippen molar-refractivity contribution in [3.05, 3.63) is 71.3 Å². The van der Waals surface area contributed by atoms with Crippen LogP contribution in [0.15, 0.2) is 54.6 Å². The van der Waals surface area contributed by atoms with Gasteiger partial charge in [-0.05, 0) is 29.5 Å². The Kier molecular flexibility index (Phi) is 4.57. The molecule has 0 fully saturated rings. The fourth-order valence-electron chi connectivity index (χ4n) is 2.74. The van der Waals surface area contributed by atoms with E-state index < -0.39 is 5.97 Å². The molecule has 0 amide bonds. The summed E-state index contributed by atoms with van der Waals surface area (Å²) in [5.74, 6) is -0.578. The SMILES string of the molecule is Cc1ccccc1[C@H](CC(=O)O)[C@H](C)c1ccccc1. The Labute approximate surface area is 120 Å². The molecule has 0 aromatic heterocycles. The van der Waals surface area contributed by atoms with Crippen molar-refractivity contribution in [1.82, 2.24) is 0 Å². The standard InChI is InChI=1S/C18H20O2/c1-13-8-6-7-11-16(13)17(12-18(19)20)14(2)15-9-4-3-5-10-15/h3-11,14,17H,12H2,1-2H3,(H,19,20)/t14-,17-/m1/s1. The van der Waals surface area contributed by atoms with Gasteiger partial charge in [0.15, 0.2) is 0 Å². The molecule has 2 aromatic rings. The molecular formula is C18H20O2. The highest BCUT2D eigenvalue weighted by molar-refractivity contribution is 5.68. The average Bonchev–Trinajstić information content (AvgIpc) is 2.46. The van der Waals surface area contributed by atoms with Crippen molar-refractivity contribution < 1.29 is 9.90 Å². The minimum Gasteiger partial charge on any atom is -0.481 e. The van der Waals surface area contributed by atoms with Gasteiger partial charge in [0.1, 0.15) is 0 Å². The quantitative estimate of drug-likeness (QED) is 0.875. The highest BCUT2D eigenvalue weighted by Crippen LogP contribution is 2.36. The first kappa shape index (κ1) is 14.3. The van der Waals surface area contributed by atoms with Crippen molar-refractivity contribution in [1.29, 1.82) is 0 Å². The van der Waals surface area contributed by atoms with Gasteiger partial charge in [-0.15, -0.1) is 0 Å². The summed E-state index contributed by atoms with van der Waals surface area (Å²) in [7, 11) is 0. The van der Waals surface area contributed by atoms with Gasteiger partial charge in [-0.2, -0.15) is 0 Å². The number of carboxylic acids is 1. The predicted octanol–water partition coefficient (Wildman–Crippen LogP) is 4.36. The zero-order valence-corrected chi connectivity index (χ0v) is 11.9. The summed E-state index contributed by atoms with van der Waals surface area (Å²) < 4.78 is 0. The van der Waals surface area contributed by atoms with Crippen molar-refractivity contribution in [2.45, 2.75) is 32.1 Å². The lowest BCUT2D eigenvalue weighted by Crippen LogP contribution is -2.14. The molecule has 104 valence electrons. The van der Waals surface area contributed by atoms with E-state index in [0.29, 0.717) is 0 Å². The van der Waals surface area contributed by atoms with E-state index in [0.717, 1.165) is 11.1 Å². The average molecular weight is 268 g/mol. The number of benzene rings is 2. The van der Waals surface area contributed by atoms with Gasteiger partial charge in [0.05, 0.1) is 6.42 Å². The first-order valence-corrected chi connectivity index (χ1v) is 6.92. The molecule has 2 nitrogen and oxygen atoms in total. The normalized spacial score (nSPS) is 13.7. The Hall–Kier alpha value is -2.09. The molecule has 2 aromatic carbocycles. The molecule has 0 spiro atoms. The minimum absolute atomic E-state index is 0.00361. The molecule has 0 aliphatic rings. The van der Waals surface area contributed by atoms with Gasteiger partial charge < -0.3 is 5.11 Å². The van der Waals surface area contributed by atoms with Crippen molar-refractivity contribution in [2.24, 2.45) is 0 Å². The van der Waals surface area contributed by atoms with Gasteiger partial charge >= 0.3 is 5.97 Å². The molecule has 0 saturated carbocycles. The number of hydrogen-bond donors (Lipinski definition) is 1. The third-order valence-electron chi connectivity index (χ3n) is 3.91. The van der Waals surface area contributed by atoms with Crippen molar-refractivity contribution in [2.75, 3.05) is 0 Å². The summed E-state index contributed by atoms with van der Waals surface area (Å²) in [4.78, 5) is 11.2. The molecule has 0 radical (unpaired) electrons. The molecule has 0 heterocycles. The van der Waals surface area contributed by atoms with Gasteiger partial charge in [-0.1, -0.05) is 61.5 Å². The minimum atomic E-state index is -0.749. The summed E-state index contributed by atoms with van der Waals surface area (Å²) in [5, 5.41) is 9.23. The van der Waals surface area contributed by atoms with Crippen LogP contribution in [0.25, 0.3) is 0 Å². The molecule has 20 heavy (non-hydrogen) atoms. The van der Waals surface area contributed by atoms with Crippen LogP contribution >= 0.6 is 0 Å². The second kappa shape index (κ2) is 6.38. The summed E-state index contributed by atoms with van der Waals surface area (Å²) in [6, 6.07) is 18.2. The molecule has 0 aliphatic carbocycles. The molecular weight excluding hydrogens is 248 g/mol. The Morgan fingerprint density at radius 3 is 2.25 bits per heavy atom. The van der Waals surface area contributed by atoms with Gasteiger partial charge in [-0.25, -0.2) is 0 Å². The van der Waals surface area contributed by atoms with Crippen molar-refractivity contribution in [3.63, 3.8) is 0 Å². The lowest BCUT2D eigenvalue weighted by molar-refractivity contribution is -0.137. The molecule has 2 rings (SSSR count). The first-order valence-electron chi connectivity index (χ1n) is 6.92. The lowest BCUT2D eigenvalue weighted by Gasteiger charge is -2.25. The predicted molar refractivity (Wildman–Crippen MR) is 81.0 cm³/mol. The molecule has 0 unspecified atom stereocenters. The maximum atomic E-state index is 11.2. The summed E-state index contributed by atoms with van der Waals surface area (Å²) in [6.07, 6.45) is 0.154. The highest BCUT2D eigenvalue weighted by Gasteiger charge is 2.24. The maximum Gasteiger partial charge on any atom is 0.303 e. The summed E-state index contributed by atoms with van der Waals surface area (Å²) in [5.41, 5.74) is 3.47. The van der Waals surface area contributed by atoms with Crippen LogP contribution in [0.2, 0.25) is 0 Å². The van der Waals surface area contributed by atoms with Crippen LogP contribution in [0.1, 0.15) is 41.9 Å². The molecule has 0 aliphatic heterocycles. The number of aliphatic carboxylic acids is 1. The van der Waals surface area contributed by atoms with E-state index in [9.17, 15) is 9.90 Å². The van der Waals surface area contributed by atoms with E-state index in [-0.39, 0.29) is 18.3 Å². The maximum absolute atomic E-state index is 11.2. The Bertz CT molecular complexity index is 575. The van der Waals surface area contributed by atoms with Crippen LogP contribution in [0.5, 0.6) is 0 Å². The van der Waals surface area contributed by atoms with E-state index in [4.69, 9.17) is 0 Å². The fraction of sp³-hybridized carbons (Fsp3) is 0.278. The van der Waals surface area contributed by atoms with Crippen molar-refractivity contribution in [3.8, 4) is 0 Å². The molecule has 0 saturated heterocycles. The smallest absolute Gasteiger partial charge is 0.303 e. The zero-order valence-electron chi connectivity index (χ0n) is 11.9. The van der Waals surface area contributed by atoms with Crippen LogP contribution in [0.4, 0.5) is 0 Å². The molecule has 2 heteroatoms. The lowest BCUT2D eigenvalue weighted by atomic mass is 9.79. The topological polar surface area (TPSA) is 37.3 Å². The second-order valence-corrected chi connectivity index (χ2v) is 5.26. The third kappa shape index (κ3) is 3.27. The van der Waals surface area contributed by atoms with Crippen LogP contribution in [0.3, 0.4) is 0 Å². The van der Waals surface area contributed by atoms with E-state index in [1.54, 1.807) is 0 Å². The van der Waals surface area contributed by atoms with Gasteiger partial charge in [0.2, 0.25) is 0 Å². The van der Waals surface area contributed by atoms with Crippen molar-refractivity contribution >= 4 is 5.97 Å². The van der Waals surface area contributed by atoms with Crippen LogP contribution in [0, 0.1) is 6.92 Å². The second-order valence-electron chi connectivity index (χ2n) is 5.26. The Morgan fingerprint density at radius 1 is 1.05 bits per heavy atom. The van der Waals surface area contributed by atoms with E-state index in [1.807, 2.05) is 49.4 Å². The largest absolute Gasteiger partial charge is 0.481 e. The Morgan fingerprint density at radius 2 is 1.65 bits per heavy atom. The van der Waals surface area contributed by atoms with Crippen LogP contribution in [-0.2, 0) is 4.79 Å².